The maximum atomic E-state index is 4.85. The van der Waals surface area contributed by atoms with Crippen LogP contribution in [0.5, 0.6) is 0 Å². The van der Waals surface area contributed by atoms with E-state index in [0.717, 1.165) is 12.1 Å². The van der Waals surface area contributed by atoms with E-state index < -0.39 is 0 Å². The molecule has 32 heavy (non-hydrogen) atoms. The van der Waals surface area contributed by atoms with Gasteiger partial charge in [-0.1, -0.05) is 78.9 Å². The van der Waals surface area contributed by atoms with E-state index in [-0.39, 0.29) is 22.6 Å². The van der Waals surface area contributed by atoms with Crippen molar-refractivity contribution >= 4 is 42.1 Å². The number of para-hydroxylation sites is 4. The first-order chi connectivity index (χ1) is 15.3. The van der Waals surface area contributed by atoms with Gasteiger partial charge in [0.2, 0.25) is 0 Å². The minimum absolute atomic E-state index is 0. The van der Waals surface area contributed by atoms with Crippen molar-refractivity contribution in [3.63, 3.8) is 0 Å². The first-order valence-electron chi connectivity index (χ1n) is 9.86. The Balaban J connectivity index is 0.000000686. The van der Waals surface area contributed by atoms with E-state index in [4.69, 9.17) is 19.4 Å². The molecule has 0 amide bonds. The quantitative estimate of drug-likeness (QED) is 0.186. The average Bonchev–Trinajstić information content (AvgIpc) is 3.21. The van der Waals surface area contributed by atoms with Crippen molar-refractivity contribution in [2.75, 3.05) is 9.80 Å². The van der Waals surface area contributed by atoms with E-state index in [1.807, 2.05) is 0 Å². The molecule has 0 saturated heterocycles. The zero-order valence-corrected chi connectivity index (χ0v) is 20.9. The molecule has 164 valence electrons. The van der Waals surface area contributed by atoms with Gasteiger partial charge in [0.25, 0.3) is 0 Å². The van der Waals surface area contributed by atoms with Crippen LogP contribution in [0.1, 0.15) is 11.1 Å². The van der Waals surface area contributed by atoms with Crippen molar-refractivity contribution in [3.05, 3.63) is 134 Å². The Hall–Kier alpha value is -2.32. The Morgan fingerprint density at radius 3 is 1.69 bits per heavy atom. The van der Waals surface area contributed by atoms with Crippen molar-refractivity contribution in [3.8, 4) is 0 Å². The smallest absolute Gasteiger partial charge is 0.0345 e. The van der Waals surface area contributed by atoms with E-state index in [0.29, 0.717) is 0 Å². The first kappa shape index (κ1) is 24.3. The van der Waals surface area contributed by atoms with Crippen LogP contribution in [0.2, 0.25) is 0 Å². The predicted octanol–water partition coefficient (Wildman–Crippen LogP) is 8.51. The van der Waals surface area contributed by atoms with Crippen LogP contribution in [-0.4, -0.2) is 0 Å². The third-order valence-corrected chi connectivity index (χ3v) is 5.15. The molecule has 0 radical (unpaired) electrons. The molecule has 1 aliphatic heterocycles. The number of rotatable bonds is 4. The van der Waals surface area contributed by atoms with Gasteiger partial charge in [-0.2, -0.15) is 0 Å². The molecule has 4 aromatic carbocycles. The zero-order chi connectivity index (χ0) is 21.5. The summed E-state index contributed by atoms with van der Waals surface area (Å²) in [7, 11) is 9.71. The topological polar surface area (TPSA) is 6.48 Å². The normalized spacial score (nSPS) is 11.8. The monoisotopic (exact) mass is 548 g/mol. The summed E-state index contributed by atoms with van der Waals surface area (Å²) in [6.45, 7) is 2.20. The predicted molar refractivity (Wildman–Crippen MR) is 135 cm³/mol. The molecule has 5 heteroatoms. The summed E-state index contributed by atoms with van der Waals surface area (Å²) in [5.74, 6) is 0. The first-order valence-corrected chi connectivity index (χ1v) is 14.3. The molecular weight excluding hydrogens is 524 g/mol. The van der Waals surface area contributed by atoms with Gasteiger partial charge in [0, 0.05) is 22.7 Å². The van der Waals surface area contributed by atoms with Crippen molar-refractivity contribution in [2.24, 2.45) is 0 Å². The van der Waals surface area contributed by atoms with Crippen LogP contribution in [0, 0.1) is 14.1 Å². The standard InChI is InChI=1S/C26H21N2.CH3.2ClH.Ru/c1-3-11-21(12-4-1)19-22-13-7-8-16-24(22)28-20-27(23-14-5-2-6-15-23)25-17-9-10-18-26(25)28;;;;/h1-18,20H,19H2;1H3;2*1H;/q2*-1;;;+4/p-2. The average molecular weight is 548 g/mol. The minimum atomic E-state index is -0.346. The van der Waals surface area contributed by atoms with Gasteiger partial charge >= 0.3 is 34.5 Å². The van der Waals surface area contributed by atoms with Crippen LogP contribution in [0.15, 0.2) is 109 Å². The molecule has 0 bridgehead atoms. The molecule has 0 spiro atoms. The maximum Gasteiger partial charge on any atom is 0.0345 e. The number of nitrogens with zero attached hydrogens (tertiary/aromatic N) is 2. The number of anilines is 4. The molecule has 5 rings (SSSR count). The number of hydrogen-bond acceptors (Lipinski definition) is 2. The Morgan fingerprint density at radius 2 is 1.06 bits per heavy atom. The summed E-state index contributed by atoms with van der Waals surface area (Å²) in [6.07, 6.45) is 0.912. The Bertz CT molecular complexity index is 1110. The molecule has 1 heterocycles. The summed E-state index contributed by atoms with van der Waals surface area (Å²) in [4.78, 5) is 4.56. The second-order valence-corrected chi connectivity index (χ2v) is 9.66. The summed E-state index contributed by atoms with van der Waals surface area (Å²) in [6, 6.07) is 38.4. The van der Waals surface area contributed by atoms with Crippen LogP contribution in [0.3, 0.4) is 0 Å². The van der Waals surface area contributed by atoms with Crippen molar-refractivity contribution in [1.29, 1.82) is 0 Å². The van der Waals surface area contributed by atoms with Crippen LogP contribution in [0.4, 0.5) is 22.7 Å². The molecule has 0 fully saturated rings. The van der Waals surface area contributed by atoms with Gasteiger partial charge in [0.15, 0.2) is 0 Å². The largest absolute Gasteiger partial charge is 0.473 e. The number of fused-ring (bicyclic) bond motifs is 1. The summed E-state index contributed by atoms with van der Waals surface area (Å²) >= 11 is -0.346. The number of hydrogen-bond donors (Lipinski definition) is 0. The molecule has 1 aliphatic rings. The summed E-state index contributed by atoms with van der Waals surface area (Å²) < 4.78 is 0. The fourth-order valence-corrected chi connectivity index (χ4v) is 3.81. The molecule has 0 aliphatic carbocycles. The van der Waals surface area contributed by atoms with Gasteiger partial charge in [0.1, 0.15) is 0 Å². The van der Waals surface area contributed by atoms with E-state index in [2.05, 4.69) is 126 Å². The van der Waals surface area contributed by atoms with Crippen LogP contribution in [-0.2, 0) is 21.6 Å². The SMILES string of the molecule is [CH3-].[Cl][Ru+2][Cl].c1ccc(Cc2ccccc2N2[CH-]N(c3ccccc3)c3ccccc32)cc1. The molecule has 4 aromatic rings. The second kappa shape index (κ2) is 12.1. The number of halogens is 2. The van der Waals surface area contributed by atoms with Gasteiger partial charge in [-0.3, -0.25) is 0 Å². The van der Waals surface area contributed by atoms with Gasteiger partial charge in [0.05, 0.1) is 0 Å². The Kier molecular flexibility index (Phi) is 9.17. The van der Waals surface area contributed by atoms with Gasteiger partial charge < -0.3 is 17.2 Å². The minimum Gasteiger partial charge on any atom is -0.473 e. The van der Waals surface area contributed by atoms with Crippen LogP contribution >= 0.6 is 19.4 Å². The molecular formula is C27H24Cl2N2Ru. The number of benzene rings is 4. The summed E-state index contributed by atoms with van der Waals surface area (Å²) in [5, 5.41) is 0. The van der Waals surface area contributed by atoms with Crippen LogP contribution < -0.4 is 9.80 Å². The molecule has 0 saturated carbocycles. The molecule has 0 unspecified atom stereocenters. The summed E-state index contributed by atoms with van der Waals surface area (Å²) in [5.41, 5.74) is 7.42. The molecule has 0 atom stereocenters. The molecule has 0 aromatic heterocycles. The third-order valence-electron chi connectivity index (χ3n) is 5.15. The fourth-order valence-electron chi connectivity index (χ4n) is 3.81. The van der Waals surface area contributed by atoms with E-state index >= 15 is 0 Å². The Morgan fingerprint density at radius 1 is 0.594 bits per heavy atom. The van der Waals surface area contributed by atoms with E-state index in [9.17, 15) is 0 Å². The van der Waals surface area contributed by atoms with Crippen molar-refractivity contribution < 1.29 is 15.1 Å². The molecule has 0 N–H and O–H groups in total. The molecule has 2 nitrogen and oxygen atoms in total. The van der Waals surface area contributed by atoms with Gasteiger partial charge in [-0.15, -0.1) is 6.67 Å². The fraction of sp³-hybridized carbons (Fsp3) is 0.0370. The van der Waals surface area contributed by atoms with Crippen molar-refractivity contribution in [1.82, 2.24) is 0 Å². The van der Waals surface area contributed by atoms with E-state index in [1.165, 1.54) is 28.2 Å². The van der Waals surface area contributed by atoms with E-state index in [1.54, 1.807) is 0 Å². The zero-order valence-electron chi connectivity index (χ0n) is 17.7. The Labute approximate surface area is 207 Å². The van der Waals surface area contributed by atoms with Crippen LogP contribution in [0.25, 0.3) is 0 Å². The maximum absolute atomic E-state index is 4.85. The van der Waals surface area contributed by atoms with Gasteiger partial charge in [-0.25, -0.2) is 0 Å². The second-order valence-electron chi connectivity index (χ2n) is 7.02. The third kappa shape index (κ3) is 5.53. The van der Waals surface area contributed by atoms with Crippen molar-refractivity contribution in [2.45, 2.75) is 6.42 Å². The van der Waals surface area contributed by atoms with Gasteiger partial charge in [-0.05, 0) is 47.9 Å².